The van der Waals surface area contributed by atoms with E-state index in [1.54, 1.807) is 30.3 Å². The molecule has 23 heavy (non-hydrogen) atoms. The molecule has 0 aliphatic carbocycles. The predicted octanol–water partition coefficient (Wildman–Crippen LogP) is 4.86. The van der Waals surface area contributed by atoms with Gasteiger partial charge >= 0.3 is 0 Å². The molecule has 0 amide bonds. The molecule has 116 valence electrons. The van der Waals surface area contributed by atoms with Gasteiger partial charge in [-0.25, -0.2) is 9.37 Å². The second kappa shape index (κ2) is 6.89. The summed E-state index contributed by atoms with van der Waals surface area (Å²) < 4.78 is 13.8. The van der Waals surface area contributed by atoms with E-state index in [1.165, 1.54) is 29.7 Å². The van der Waals surface area contributed by atoms with Gasteiger partial charge in [0, 0.05) is 21.0 Å². The lowest BCUT2D eigenvalue weighted by Crippen LogP contribution is -1.91. The molecule has 2 aromatic carbocycles. The number of anilines is 1. The third kappa shape index (κ3) is 3.94. The predicted molar refractivity (Wildman–Crippen MR) is 94.5 cm³/mol. The Hall–Kier alpha value is -2.25. The number of nitrogens with one attached hydrogen (secondary N) is 1. The number of halogens is 2. The molecule has 0 atom stereocenters. The maximum absolute atomic E-state index is 12.9. The van der Waals surface area contributed by atoms with Gasteiger partial charge in [0.25, 0.3) is 0 Å². The SMILES string of the molecule is Oc1ccc(Br)cc1/C=N/Nc1nc(-c2ccc(F)cc2)cs1. The standard InChI is InChI=1S/C16H11BrFN3OS/c17-12-3-6-15(22)11(7-12)8-19-21-16-20-14(9-23-16)10-1-4-13(18)5-2-10/h1-9,22H,(H,20,21)/b19-8+. The van der Waals surface area contributed by atoms with Crippen LogP contribution in [0.3, 0.4) is 0 Å². The van der Waals surface area contributed by atoms with Gasteiger partial charge in [-0.1, -0.05) is 15.9 Å². The van der Waals surface area contributed by atoms with E-state index < -0.39 is 0 Å². The minimum Gasteiger partial charge on any atom is -0.507 e. The molecule has 0 radical (unpaired) electrons. The normalized spacial score (nSPS) is 11.0. The molecule has 4 nitrogen and oxygen atoms in total. The van der Waals surface area contributed by atoms with Crippen LogP contribution in [0.4, 0.5) is 9.52 Å². The summed E-state index contributed by atoms with van der Waals surface area (Å²) in [6.45, 7) is 0. The van der Waals surface area contributed by atoms with Gasteiger partial charge in [-0.3, -0.25) is 5.43 Å². The van der Waals surface area contributed by atoms with Crippen LogP contribution in [-0.4, -0.2) is 16.3 Å². The second-order valence-electron chi connectivity index (χ2n) is 4.62. The van der Waals surface area contributed by atoms with Crippen LogP contribution >= 0.6 is 27.3 Å². The molecule has 3 rings (SSSR count). The summed E-state index contributed by atoms with van der Waals surface area (Å²) in [5.41, 5.74) is 4.99. The summed E-state index contributed by atoms with van der Waals surface area (Å²) in [6.07, 6.45) is 1.51. The maximum Gasteiger partial charge on any atom is 0.203 e. The first-order valence-electron chi connectivity index (χ1n) is 6.61. The molecular formula is C16H11BrFN3OS. The highest BCUT2D eigenvalue weighted by atomic mass is 79.9. The lowest BCUT2D eigenvalue weighted by molar-refractivity contribution is 0.474. The van der Waals surface area contributed by atoms with Crippen LogP contribution in [0, 0.1) is 5.82 Å². The van der Waals surface area contributed by atoms with Gasteiger partial charge in [0.15, 0.2) is 0 Å². The van der Waals surface area contributed by atoms with Crippen LogP contribution < -0.4 is 5.43 Å². The van der Waals surface area contributed by atoms with E-state index in [0.717, 1.165) is 15.7 Å². The van der Waals surface area contributed by atoms with Gasteiger partial charge in [-0.05, 0) is 42.5 Å². The van der Waals surface area contributed by atoms with Crippen molar-refractivity contribution in [3.63, 3.8) is 0 Å². The van der Waals surface area contributed by atoms with Crippen LogP contribution in [0.2, 0.25) is 0 Å². The van der Waals surface area contributed by atoms with Crippen LogP contribution in [-0.2, 0) is 0 Å². The molecule has 0 spiro atoms. The Bertz CT molecular complexity index is 849. The average molecular weight is 392 g/mol. The fourth-order valence-corrected chi connectivity index (χ4v) is 2.91. The number of thiazole rings is 1. The first-order valence-corrected chi connectivity index (χ1v) is 8.28. The van der Waals surface area contributed by atoms with Gasteiger partial charge in [-0.15, -0.1) is 11.3 Å². The number of nitrogens with zero attached hydrogens (tertiary/aromatic N) is 2. The zero-order valence-corrected chi connectivity index (χ0v) is 14.1. The number of phenols is 1. The third-order valence-corrected chi connectivity index (χ3v) is 4.24. The Morgan fingerprint density at radius 1 is 1.22 bits per heavy atom. The maximum atomic E-state index is 12.9. The number of hydrogen-bond acceptors (Lipinski definition) is 5. The Labute approximate surface area is 144 Å². The molecule has 3 aromatic rings. The van der Waals surface area contributed by atoms with Gasteiger partial charge in [0.1, 0.15) is 11.6 Å². The topological polar surface area (TPSA) is 57.5 Å². The first kappa shape index (κ1) is 15.6. The van der Waals surface area contributed by atoms with Crippen LogP contribution in [0.25, 0.3) is 11.3 Å². The van der Waals surface area contributed by atoms with Crippen molar-refractivity contribution in [2.24, 2.45) is 5.10 Å². The van der Waals surface area contributed by atoms with E-state index in [0.29, 0.717) is 10.7 Å². The number of phenolic OH excluding ortho intramolecular Hbond substituents is 1. The quantitative estimate of drug-likeness (QED) is 0.492. The van der Waals surface area contributed by atoms with Crippen molar-refractivity contribution < 1.29 is 9.50 Å². The van der Waals surface area contributed by atoms with Gasteiger partial charge in [0.2, 0.25) is 5.13 Å². The minimum absolute atomic E-state index is 0.143. The van der Waals surface area contributed by atoms with Gasteiger partial charge in [-0.2, -0.15) is 5.10 Å². The van der Waals surface area contributed by atoms with Crippen molar-refractivity contribution in [1.29, 1.82) is 0 Å². The molecule has 0 saturated heterocycles. The summed E-state index contributed by atoms with van der Waals surface area (Å²) in [5, 5.41) is 16.3. The average Bonchev–Trinajstić information content (AvgIpc) is 3.00. The van der Waals surface area contributed by atoms with E-state index >= 15 is 0 Å². The van der Waals surface area contributed by atoms with E-state index in [4.69, 9.17) is 0 Å². The van der Waals surface area contributed by atoms with Crippen molar-refractivity contribution >= 4 is 38.6 Å². The summed E-state index contributed by atoms with van der Waals surface area (Å²) >= 11 is 4.73. The summed E-state index contributed by atoms with van der Waals surface area (Å²) in [5.74, 6) is -0.134. The van der Waals surface area contributed by atoms with E-state index in [9.17, 15) is 9.50 Å². The van der Waals surface area contributed by atoms with Gasteiger partial charge in [0.05, 0.1) is 11.9 Å². The van der Waals surface area contributed by atoms with E-state index in [1.807, 2.05) is 5.38 Å². The second-order valence-corrected chi connectivity index (χ2v) is 6.39. The molecule has 0 bridgehead atoms. The highest BCUT2D eigenvalue weighted by Gasteiger charge is 2.04. The summed E-state index contributed by atoms with van der Waals surface area (Å²) in [6, 6.07) is 11.2. The van der Waals surface area contributed by atoms with E-state index in [-0.39, 0.29) is 11.6 Å². The number of benzene rings is 2. The molecule has 0 aliphatic heterocycles. The zero-order valence-electron chi connectivity index (χ0n) is 11.7. The first-order chi connectivity index (χ1) is 11.1. The molecule has 2 N–H and O–H groups in total. The zero-order chi connectivity index (χ0) is 16.2. The molecule has 0 saturated carbocycles. The summed E-state index contributed by atoms with van der Waals surface area (Å²) in [7, 11) is 0. The monoisotopic (exact) mass is 391 g/mol. The Morgan fingerprint density at radius 3 is 2.78 bits per heavy atom. The molecular weight excluding hydrogens is 381 g/mol. The smallest absolute Gasteiger partial charge is 0.203 e. The number of hydrazone groups is 1. The number of rotatable bonds is 4. The van der Waals surface area contributed by atoms with Crippen LogP contribution in [0.1, 0.15) is 5.56 Å². The van der Waals surface area contributed by atoms with Crippen molar-refractivity contribution in [1.82, 2.24) is 4.98 Å². The third-order valence-electron chi connectivity index (χ3n) is 3.00. The molecule has 7 heteroatoms. The largest absolute Gasteiger partial charge is 0.507 e. The lowest BCUT2D eigenvalue weighted by Gasteiger charge is -1.99. The number of aromatic nitrogens is 1. The van der Waals surface area contributed by atoms with Crippen molar-refractivity contribution in [2.75, 3.05) is 5.43 Å². The summed E-state index contributed by atoms with van der Waals surface area (Å²) in [4.78, 5) is 4.38. The van der Waals surface area contributed by atoms with Crippen LogP contribution in [0.5, 0.6) is 5.75 Å². The highest BCUT2D eigenvalue weighted by Crippen LogP contribution is 2.25. The molecule has 0 unspecified atom stereocenters. The van der Waals surface area contributed by atoms with E-state index in [2.05, 4.69) is 31.4 Å². The Balaban J connectivity index is 1.71. The Kier molecular flexibility index (Phi) is 4.68. The van der Waals surface area contributed by atoms with Crippen molar-refractivity contribution in [2.45, 2.75) is 0 Å². The fraction of sp³-hybridized carbons (Fsp3) is 0. The number of aromatic hydroxyl groups is 1. The van der Waals surface area contributed by atoms with Crippen molar-refractivity contribution in [3.8, 4) is 17.0 Å². The molecule has 1 aromatic heterocycles. The molecule has 1 heterocycles. The number of hydrogen-bond donors (Lipinski definition) is 2. The van der Waals surface area contributed by atoms with Crippen molar-refractivity contribution in [3.05, 3.63) is 63.7 Å². The minimum atomic E-state index is -0.277. The Morgan fingerprint density at radius 2 is 2.00 bits per heavy atom. The lowest BCUT2D eigenvalue weighted by atomic mass is 10.2. The highest BCUT2D eigenvalue weighted by molar-refractivity contribution is 9.10. The van der Waals surface area contributed by atoms with Crippen LogP contribution in [0.15, 0.2) is 57.4 Å². The molecule has 0 fully saturated rings. The van der Waals surface area contributed by atoms with Gasteiger partial charge < -0.3 is 5.11 Å². The molecule has 0 aliphatic rings. The fourth-order valence-electron chi connectivity index (χ4n) is 1.86.